The minimum absolute atomic E-state index is 0.0860. The van der Waals surface area contributed by atoms with Gasteiger partial charge in [-0.1, -0.05) is 39.8 Å². The minimum atomic E-state index is -0.107. The molecular weight excluding hydrogens is 254 g/mol. The Kier molecular flexibility index (Phi) is 4.06. The van der Waals surface area contributed by atoms with Gasteiger partial charge in [-0.2, -0.15) is 0 Å². The van der Waals surface area contributed by atoms with Gasteiger partial charge in [-0.3, -0.25) is 5.32 Å². The number of carbonyl (C=O) groups excluding carboxylic acids is 1. The van der Waals surface area contributed by atoms with Gasteiger partial charge in [0.15, 0.2) is 5.82 Å². The maximum atomic E-state index is 12.3. The van der Waals surface area contributed by atoms with Crippen LogP contribution in [0.5, 0.6) is 0 Å². The highest BCUT2D eigenvalue weighted by Crippen LogP contribution is 2.25. The molecule has 1 aromatic rings. The van der Waals surface area contributed by atoms with Crippen LogP contribution >= 0.6 is 0 Å². The molecule has 2 heterocycles. The molecule has 5 heteroatoms. The Balaban J connectivity index is 1.99. The number of nitrogens with zero attached hydrogens (tertiary/aromatic N) is 2. The Morgan fingerprint density at radius 1 is 1.35 bits per heavy atom. The SMILES string of the molecule is CC1CC(C)CN(C(=O)Nc2cc(C(C)(C)C)on2)C1. The summed E-state index contributed by atoms with van der Waals surface area (Å²) in [5.41, 5.74) is -0.107. The molecule has 0 aromatic carbocycles. The lowest BCUT2D eigenvalue weighted by Crippen LogP contribution is -2.44. The molecule has 2 amide bonds. The van der Waals surface area contributed by atoms with Gasteiger partial charge in [0.2, 0.25) is 0 Å². The molecule has 1 saturated heterocycles. The maximum Gasteiger partial charge on any atom is 0.323 e. The number of carbonyl (C=O) groups is 1. The third-order valence-corrected chi connectivity index (χ3v) is 3.64. The molecule has 1 aromatic heterocycles. The van der Waals surface area contributed by atoms with E-state index in [-0.39, 0.29) is 11.4 Å². The number of aromatic nitrogens is 1. The van der Waals surface area contributed by atoms with E-state index in [0.717, 1.165) is 18.8 Å². The van der Waals surface area contributed by atoms with Crippen molar-refractivity contribution >= 4 is 11.8 Å². The fraction of sp³-hybridized carbons (Fsp3) is 0.733. The van der Waals surface area contributed by atoms with Crippen molar-refractivity contribution in [2.24, 2.45) is 11.8 Å². The van der Waals surface area contributed by atoms with Crippen molar-refractivity contribution in [1.82, 2.24) is 10.1 Å². The average Bonchev–Trinajstić information content (AvgIpc) is 2.75. The van der Waals surface area contributed by atoms with E-state index in [1.165, 1.54) is 6.42 Å². The molecule has 0 radical (unpaired) electrons. The lowest BCUT2D eigenvalue weighted by atomic mass is 9.92. The van der Waals surface area contributed by atoms with Crippen LogP contribution in [0.4, 0.5) is 10.6 Å². The zero-order chi connectivity index (χ0) is 14.9. The predicted octanol–water partition coefficient (Wildman–Crippen LogP) is 3.48. The molecule has 112 valence electrons. The Hall–Kier alpha value is -1.52. The van der Waals surface area contributed by atoms with Crippen LogP contribution in [0.1, 0.15) is 46.8 Å². The van der Waals surface area contributed by atoms with Gasteiger partial charge in [0.1, 0.15) is 5.76 Å². The van der Waals surface area contributed by atoms with Crippen molar-refractivity contribution in [2.45, 2.75) is 46.5 Å². The quantitative estimate of drug-likeness (QED) is 0.856. The molecule has 2 rings (SSSR count). The van der Waals surface area contributed by atoms with Crippen LogP contribution in [0, 0.1) is 11.8 Å². The average molecular weight is 279 g/mol. The van der Waals surface area contributed by atoms with E-state index in [0.29, 0.717) is 17.7 Å². The number of likely N-dealkylation sites (tertiary alicyclic amines) is 1. The van der Waals surface area contributed by atoms with E-state index >= 15 is 0 Å². The van der Waals surface area contributed by atoms with E-state index in [1.807, 2.05) is 25.7 Å². The predicted molar refractivity (Wildman–Crippen MR) is 78.7 cm³/mol. The molecule has 0 saturated carbocycles. The normalized spacial score (nSPS) is 23.8. The van der Waals surface area contributed by atoms with Crippen molar-refractivity contribution in [3.63, 3.8) is 0 Å². The number of rotatable bonds is 1. The maximum absolute atomic E-state index is 12.3. The van der Waals surface area contributed by atoms with Crippen LogP contribution in [0.15, 0.2) is 10.6 Å². The number of hydrogen-bond acceptors (Lipinski definition) is 3. The van der Waals surface area contributed by atoms with Crippen molar-refractivity contribution in [1.29, 1.82) is 0 Å². The van der Waals surface area contributed by atoms with Crippen LogP contribution in [0.3, 0.4) is 0 Å². The topological polar surface area (TPSA) is 58.4 Å². The lowest BCUT2D eigenvalue weighted by Gasteiger charge is -2.34. The smallest absolute Gasteiger partial charge is 0.323 e. The molecule has 1 aliphatic rings. The zero-order valence-corrected chi connectivity index (χ0v) is 13.1. The molecule has 20 heavy (non-hydrogen) atoms. The molecule has 0 bridgehead atoms. The second-order valence-electron chi connectivity index (χ2n) is 7.11. The van der Waals surface area contributed by atoms with Gasteiger partial charge in [-0.15, -0.1) is 0 Å². The Morgan fingerprint density at radius 2 is 1.95 bits per heavy atom. The lowest BCUT2D eigenvalue weighted by molar-refractivity contribution is 0.156. The van der Waals surface area contributed by atoms with Gasteiger partial charge in [0.05, 0.1) is 0 Å². The third-order valence-electron chi connectivity index (χ3n) is 3.64. The Labute approximate surface area is 120 Å². The van der Waals surface area contributed by atoms with Crippen LogP contribution in [0.2, 0.25) is 0 Å². The summed E-state index contributed by atoms with van der Waals surface area (Å²) >= 11 is 0. The Morgan fingerprint density at radius 3 is 2.45 bits per heavy atom. The highest BCUT2D eigenvalue weighted by atomic mass is 16.5. The fourth-order valence-corrected chi connectivity index (χ4v) is 2.70. The summed E-state index contributed by atoms with van der Waals surface area (Å²) in [6.45, 7) is 12.1. The van der Waals surface area contributed by atoms with Crippen molar-refractivity contribution in [3.05, 3.63) is 11.8 Å². The number of anilines is 1. The summed E-state index contributed by atoms with van der Waals surface area (Å²) in [6, 6.07) is 1.71. The van der Waals surface area contributed by atoms with Crippen LogP contribution in [-0.4, -0.2) is 29.2 Å². The third kappa shape index (κ3) is 3.52. The minimum Gasteiger partial charge on any atom is -0.359 e. The number of piperidine rings is 1. The van der Waals surface area contributed by atoms with Gasteiger partial charge < -0.3 is 9.42 Å². The summed E-state index contributed by atoms with van der Waals surface area (Å²) in [6.07, 6.45) is 1.18. The highest BCUT2D eigenvalue weighted by Gasteiger charge is 2.26. The first-order valence-electron chi connectivity index (χ1n) is 7.29. The molecule has 2 atom stereocenters. The second-order valence-corrected chi connectivity index (χ2v) is 7.11. The molecule has 2 unspecified atom stereocenters. The number of hydrogen-bond donors (Lipinski definition) is 1. The highest BCUT2D eigenvalue weighted by molar-refractivity contribution is 5.88. The first kappa shape index (κ1) is 14.9. The monoisotopic (exact) mass is 279 g/mol. The van der Waals surface area contributed by atoms with Crippen molar-refractivity contribution < 1.29 is 9.32 Å². The van der Waals surface area contributed by atoms with E-state index in [2.05, 4.69) is 24.3 Å². The number of urea groups is 1. The summed E-state index contributed by atoms with van der Waals surface area (Å²) in [7, 11) is 0. The zero-order valence-electron chi connectivity index (χ0n) is 13.1. The van der Waals surface area contributed by atoms with Gasteiger partial charge in [-0.25, -0.2) is 4.79 Å². The molecule has 1 N–H and O–H groups in total. The fourth-order valence-electron chi connectivity index (χ4n) is 2.70. The van der Waals surface area contributed by atoms with Gasteiger partial charge in [0.25, 0.3) is 0 Å². The standard InChI is InChI=1S/C15H25N3O2/c1-10-6-11(2)9-18(8-10)14(19)16-13-7-12(20-17-13)15(3,4)5/h7,10-11H,6,8-9H2,1-5H3,(H,16,17,19). The van der Waals surface area contributed by atoms with Gasteiger partial charge >= 0.3 is 6.03 Å². The van der Waals surface area contributed by atoms with Crippen LogP contribution in [0.25, 0.3) is 0 Å². The van der Waals surface area contributed by atoms with Crippen molar-refractivity contribution in [3.8, 4) is 0 Å². The largest absolute Gasteiger partial charge is 0.359 e. The summed E-state index contributed by atoms with van der Waals surface area (Å²) < 4.78 is 5.28. The summed E-state index contributed by atoms with van der Waals surface area (Å²) in [4.78, 5) is 14.1. The van der Waals surface area contributed by atoms with Crippen LogP contribution < -0.4 is 5.32 Å². The van der Waals surface area contributed by atoms with E-state index in [4.69, 9.17) is 4.52 Å². The molecule has 5 nitrogen and oxygen atoms in total. The number of nitrogens with one attached hydrogen (secondary N) is 1. The van der Waals surface area contributed by atoms with Gasteiger partial charge in [-0.05, 0) is 18.3 Å². The van der Waals surface area contributed by atoms with E-state index in [9.17, 15) is 4.79 Å². The summed E-state index contributed by atoms with van der Waals surface area (Å²) in [5, 5.41) is 6.75. The van der Waals surface area contributed by atoms with Crippen LogP contribution in [-0.2, 0) is 5.41 Å². The molecule has 0 spiro atoms. The number of amides is 2. The first-order chi connectivity index (χ1) is 9.25. The Bertz CT molecular complexity index is 466. The van der Waals surface area contributed by atoms with E-state index < -0.39 is 0 Å². The second kappa shape index (κ2) is 5.46. The summed E-state index contributed by atoms with van der Waals surface area (Å²) in [5.74, 6) is 2.36. The molecule has 1 fully saturated rings. The molecule has 0 aliphatic carbocycles. The first-order valence-corrected chi connectivity index (χ1v) is 7.29. The van der Waals surface area contributed by atoms with Gasteiger partial charge in [0, 0.05) is 24.6 Å². The molecular formula is C15H25N3O2. The molecule has 1 aliphatic heterocycles. The van der Waals surface area contributed by atoms with Crippen molar-refractivity contribution in [2.75, 3.05) is 18.4 Å². The van der Waals surface area contributed by atoms with E-state index in [1.54, 1.807) is 6.07 Å².